The highest BCUT2D eigenvalue weighted by Gasteiger charge is 2.31. The first kappa shape index (κ1) is 23.1. The summed E-state index contributed by atoms with van der Waals surface area (Å²) >= 11 is 0. The van der Waals surface area contributed by atoms with Gasteiger partial charge in [-0.25, -0.2) is 4.79 Å². The minimum absolute atomic E-state index is 0.0703. The molecule has 1 aliphatic rings. The van der Waals surface area contributed by atoms with Crippen molar-refractivity contribution in [3.05, 3.63) is 118 Å². The van der Waals surface area contributed by atoms with Gasteiger partial charge in [-0.1, -0.05) is 30.9 Å². The quantitative estimate of drug-likeness (QED) is 0.174. The summed E-state index contributed by atoms with van der Waals surface area (Å²) in [6.07, 6.45) is 1.62. The number of ether oxygens (including phenoxy) is 3. The van der Waals surface area contributed by atoms with Crippen LogP contribution in [-0.2, 0) is 0 Å². The number of benzene rings is 3. The van der Waals surface area contributed by atoms with E-state index in [2.05, 4.69) is 12.6 Å². The molecular formula is C26H19N3O6. The Bertz CT molecular complexity index is 1370. The third-order valence-corrected chi connectivity index (χ3v) is 5.30. The molecule has 3 aromatic carbocycles. The number of carbonyl (C=O) groups excluding carboxylic acids is 1. The summed E-state index contributed by atoms with van der Waals surface area (Å²) in [6.45, 7) is 3.94. The van der Waals surface area contributed by atoms with Crippen LogP contribution in [0.4, 0.5) is 5.69 Å². The van der Waals surface area contributed by atoms with Crippen LogP contribution >= 0.6 is 0 Å². The van der Waals surface area contributed by atoms with E-state index in [1.807, 2.05) is 0 Å². The minimum Gasteiger partial charge on any atom is -0.490 e. The number of esters is 1. The van der Waals surface area contributed by atoms with E-state index in [0.717, 1.165) is 0 Å². The van der Waals surface area contributed by atoms with Crippen molar-refractivity contribution in [2.75, 3.05) is 6.61 Å². The molecule has 0 amide bonds. The Hall–Kier alpha value is -5.10. The van der Waals surface area contributed by atoms with Crippen LogP contribution in [0, 0.1) is 21.4 Å². The molecule has 3 aromatic rings. The summed E-state index contributed by atoms with van der Waals surface area (Å²) in [6, 6.07) is 19.1. The molecule has 0 aromatic heterocycles. The van der Waals surface area contributed by atoms with E-state index in [0.29, 0.717) is 34.8 Å². The van der Waals surface area contributed by atoms with Crippen LogP contribution in [0.15, 0.2) is 90.8 Å². The van der Waals surface area contributed by atoms with Gasteiger partial charge in [0.15, 0.2) is 0 Å². The standard InChI is InChI=1S/C26H19N3O6/c1-2-13-33-19-9-5-17(6-10-19)26(30)34-20-11-12-21-23(14-20)35-25(28)22(15-27)24(21)16-3-7-18(8-4-16)29(31)32/h2-12,14,24H,1,13,28H2. The first-order chi connectivity index (χ1) is 16.9. The largest absolute Gasteiger partial charge is 0.490 e. The van der Waals surface area contributed by atoms with Gasteiger partial charge in [0.25, 0.3) is 5.69 Å². The summed E-state index contributed by atoms with van der Waals surface area (Å²) in [5.74, 6) is -0.153. The number of allylic oxidation sites excluding steroid dienone is 1. The second-order valence-electron chi connectivity index (χ2n) is 7.49. The molecule has 0 aliphatic carbocycles. The number of rotatable bonds is 7. The highest BCUT2D eigenvalue weighted by atomic mass is 16.6. The fourth-order valence-corrected chi connectivity index (χ4v) is 3.64. The molecule has 0 bridgehead atoms. The van der Waals surface area contributed by atoms with Gasteiger partial charge >= 0.3 is 5.97 Å². The Morgan fingerprint density at radius 3 is 2.46 bits per heavy atom. The van der Waals surface area contributed by atoms with Crippen LogP contribution in [0.1, 0.15) is 27.4 Å². The van der Waals surface area contributed by atoms with Gasteiger partial charge in [0.05, 0.1) is 16.4 Å². The molecule has 35 heavy (non-hydrogen) atoms. The van der Waals surface area contributed by atoms with Crippen molar-refractivity contribution in [2.45, 2.75) is 5.92 Å². The number of hydrogen-bond acceptors (Lipinski definition) is 8. The van der Waals surface area contributed by atoms with Crippen molar-refractivity contribution in [1.29, 1.82) is 5.26 Å². The SMILES string of the molecule is C=CCOc1ccc(C(=O)Oc2ccc3c(c2)OC(N)=C(C#N)C3c2ccc([N+](=O)[O-])cc2)cc1. The zero-order valence-corrected chi connectivity index (χ0v) is 18.3. The molecule has 2 N–H and O–H groups in total. The zero-order valence-electron chi connectivity index (χ0n) is 18.3. The zero-order chi connectivity index (χ0) is 24.9. The number of hydrogen-bond donors (Lipinski definition) is 1. The third-order valence-electron chi connectivity index (χ3n) is 5.30. The maximum atomic E-state index is 12.6. The molecule has 0 fully saturated rings. The normalized spacial score (nSPS) is 14.2. The number of carbonyl (C=O) groups is 1. The van der Waals surface area contributed by atoms with Crippen molar-refractivity contribution in [1.82, 2.24) is 0 Å². The van der Waals surface area contributed by atoms with Gasteiger partial charge in [-0.3, -0.25) is 10.1 Å². The number of nitrogens with zero attached hydrogens (tertiary/aromatic N) is 2. The van der Waals surface area contributed by atoms with E-state index in [9.17, 15) is 20.2 Å². The number of nitrogens with two attached hydrogens (primary N) is 1. The predicted molar refractivity (Wildman–Crippen MR) is 126 cm³/mol. The Labute approximate surface area is 200 Å². The van der Waals surface area contributed by atoms with Crippen molar-refractivity contribution >= 4 is 11.7 Å². The average molecular weight is 469 g/mol. The van der Waals surface area contributed by atoms with Gasteiger partial charge in [0.1, 0.15) is 35.5 Å². The van der Waals surface area contributed by atoms with E-state index in [1.165, 1.54) is 18.2 Å². The van der Waals surface area contributed by atoms with Crippen LogP contribution in [-0.4, -0.2) is 17.5 Å². The van der Waals surface area contributed by atoms with Crippen LogP contribution < -0.4 is 19.9 Å². The Morgan fingerprint density at radius 1 is 1.14 bits per heavy atom. The molecular weight excluding hydrogens is 450 g/mol. The number of nitriles is 1. The summed E-state index contributed by atoms with van der Waals surface area (Å²) in [7, 11) is 0. The summed E-state index contributed by atoms with van der Waals surface area (Å²) in [5, 5.41) is 20.7. The molecule has 1 unspecified atom stereocenters. The molecule has 174 valence electrons. The van der Waals surface area contributed by atoms with Gasteiger partial charge < -0.3 is 19.9 Å². The fraction of sp³-hybridized carbons (Fsp3) is 0.0769. The highest BCUT2D eigenvalue weighted by Crippen LogP contribution is 2.43. The molecule has 0 saturated carbocycles. The van der Waals surface area contributed by atoms with Gasteiger partial charge in [-0.2, -0.15) is 5.26 Å². The highest BCUT2D eigenvalue weighted by molar-refractivity contribution is 5.91. The second kappa shape index (κ2) is 9.80. The van der Waals surface area contributed by atoms with Crippen LogP contribution in [0.25, 0.3) is 0 Å². The van der Waals surface area contributed by atoms with Gasteiger partial charge in [-0.15, -0.1) is 0 Å². The van der Waals surface area contributed by atoms with Crippen molar-refractivity contribution in [2.24, 2.45) is 5.73 Å². The predicted octanol–water partition coefficient (Wildman–Crippen LogP) is 4.60. The lowest BCUT2D eigenvalue weighted by atomic mass is 9.83. The van der Waals surface area contributed by atoms with E-state index in [1.54, 1.807) is 54.6 Å². The van der Waals surface area contributed by atoms with E-state index in [4.69, 9.17) is 19.9 Å². The summed E-state index contributed by atoms with van der Waals surface area (Å²) in [5.41, 5.74) is 7.66. The Kier molecular flexibility index (Phi) is 6.46. The molecule has 0 spiro atoms. The van der Waals surface area contributed by atoms with E-state index >= 15 is 0 Å². The molecule has 9 nitrogen and oxygen atoms in total. The number of nitro groups is 1. The minimum atomic E-state index is -0.600. The Morgan fingerprint density at radius 2 is 1.83 bits per heavy atom. The average Bonchev–Trinajstić information content (AvgIpc) is 2.87. The maximum Gasteiger partial charge on any atom is 0.343 e. The molecule has 1 aliphatic heterocycles. The first-order valence-electron chi connectivity index (χ1n) is 10.4. The van der Waals surface area contributed by atoms with Gasteiger partial charge in [0, 0.05) is 23.8 Å². The molecule has 0 radical (unpaired) electrons. The van der Waals surface area contributed by atoms with Crippen LogP contribution in [0.5, 0.6) is 17.2 Å². The summed E-state index contributed by atoms with van der Waals surface area (Å²) < 4.78 is 16.5. The third kappa shape index (κ3) is 4.82. The van der Waals surface area contributed by atoms with E-state index < -0.39 is 16.8 Å². The number of nitro benzene ring substituents is 1. The van der Waals surface area contributed by atoms with Crippen LogP contribution in [0.2, 0.25) is 0 Å². The lowest BCUT2D eigenvalue weighted by Gasteiger charge is -2.26. The van der Waals surface area contributed by atoms with Crippen LogP contribution in [0.3, 0.4) is 0 Å². The second-order valence-corrected chi connectivity index (χ2v) is 7.49. The first-order valence-corrected chi connectivity index (χ1v) is 10.4. The topological polar surface area (TPSA) is 138 Å². The molecule has 1 atom stereocenters. The molecule has 9 heteroatoms. The smallest absolute Gasteiger partial charge is 0.343 e. The number of fused-ring (bicyclic) bond motifs is 1. The van der Waals surface area contributed by atoms with Crippen molar-refractivity contribution in [3.63, 3.8) is 0 Å². The van der Waals surface area contributed by atoms with Crippen molar-refractivity contribution < 1.29 is 23.9 Å². The van der Waals surface area contributed by atoms with Crippen molar-refractivity contribution in [3.8, 4) is 23.3 Å². The van der Waals surface area contributed by atoms with Gasteiger partial charge in [-0.05, 0) is 35.9 Å². The molecule has 1 heterocycles. The maximum absolute atomic E-state index is 12.6. The fourth-order valence-electron chi connectivity index (χ4n) is 3.64. The number of non-ortho nitro benzene ring substituents is 1. The monoisotopic (exact) mass is 469 g/mol. The van der Waals surface area contributed by atoms with E-state index in [-0.39, 0.29) is 22.9 Å². The molecule has 0 saturated heterocycles. The lowest BCUT2D eigenvalue weighted by molar-refractivity contribution is -0.384. The van der Waals surface area contributed by atoms with Gasteiger partial charge in [0.2, 0.25) is 5.88 Å². The Balaban J connectivity index is 1.60. The summed E-state index contributed by atoms with van der Waals surface area (Å²) in [4.78, 5) is 23.1. The lowest BCUT2D eigenvalue weighted by Crippen LogP contribution is -2.21. The molecule has 4 rings (SSSR count).